The lowest BCUT2D eigenvalue weighted by atomic mass is 9.92. The van der Waals surface area contributed by atoms with Gasteiger partial charge in [-0.3, -0.25) is 0 Å². The third-order valence-corrected chi connectivity index (χ3v) is 4.72. The van der Waals surface area contributed by atoms with Crippen molar-refractivity contribution in [1.82, 2.24) is 4.90 Å². The summed E-state index contributed by atoms with van der Waals surface area (Å²) in [6.45, 7) is 0.918. The molecule has 30 heavy (non-hydrogen) atoms. The first-order valence-corrected chi connectivity index (χ1v) is 9.42. The molecule has 2 unspecified atom stereocenters. The van der Waals surface area contributed by atoms with Crippen molar-refractivity contribution in [1.29, 1.82) is 0 Å². The highest BCUT2D eigenvalue weighted by Gasteiger charge is 2.35. The van der Waals surface area contributed by atoms with E-state index < -0.39 is 18.1 Å². The number of azide groups is 1. The molecule has 0 aromatic heterocycles. The van der Waals surface area contributed by atoms with Gasteiger partial charge in [-0.25, -0.2) is 9.59 Å². The molecule has 10 nitrogen and oxygen atoms in total. The van der Waals surface area contributed by atoms with Crippen molar-refractivity contribution in [3.05, 3.63) is 39.8 Å². The van der Waals surface area contributed by atoms with E-state index in [9.17, 15) is 14.7 Å². The maximum absolute atomic E-state index is 11.9. The Labute approximate surface area is 174 Å². The van der Waals surface area contributed by atoms with E-state index >= 15 is 0 Å². The largest absolute Gasteiger partial charge is 0.493 e. The molecule has 0 bridgehead atoms. The van der Waals surface area contributed by atoms with Crippen molar-refractivity contribution < 1.29 is 28.9 Å². The molecular weight excluding hydrogens is 392 g/mol. The molecule has 1 aliphatic rings. The van der Waals surface area contributed by atoms with Gasteiger partial charge >= 0.3 is 12.1 Å². The van der Waals surface area contributed by atoms with Crippen LogP contribution in [-0.4, -0.2) is 61.6 Å². The van der Waals surface area contributed by atoms with Gasteiger partial charge in [0.25, 0.3) is 0 Å². The molecule has 1 saturated heterocycles. The van der Waals surface area contributed by atoms with Crippen molar-refractivity contribution >= 4 is 12.1 Å². The Morgan fingerprint density at radius 2 is 2.27 bits per heavy atom. The van der Waals surface area contributed by atoms with E-state index in [2.05, 4.69) is 15.9 Å². The smallest absolute Gasteiger partial charge is 0.407 e. The third kappa shape index (κ3) is 6.04. The van der Waals surface area contributed by atoms with Crippen LogP contribution in [0.1, 0.15) is 41.2 Å². The molecule has 1 N–H and O–H groups in total. The number of carboxylic acid groups (broad SMARTS) is 1. The summed E-state index contributed by atoms with van der Waals surface area (Å²) in [6.07, 6.45) is 5.42. The molecular formula is C20H24N4O6. The molecule has 0 radical (unpaired) electrons. The topological polar surface area (TPSA) is 134 Å². The Kier molecular flexibility index (Phi) is 8.81. The maximum Gasteiger partial charge on any atom is 0.407 e. The zero-order chi connectivity index (χ0) is 21.9. The summed E-state index contributed by atoms with van der Waals surface area (Å²) < 4.78 is 16.2. The Morgan fingerprint density at radius 1 is 1.47 bits per heavy atom. The number of esters is 1. The van der Waals surface area contributed by atoms with E-state index in [-0.39, 0.29) is 38.0 Å². The highest BCUT2D eigenvalue weighted by Crippen LogP contribution is 2.38. The van der Waals surface area contributed by atoms with E-state index in [4.69, 9.17) is 26.2 Å². The standard InChI is InChI=1S/C20H24N4O6/c1-3-10-29-15-7-9-24(20(26)27)17(13-15)16-6-5-14(19(25)28-2)12-18(16)30-11-4-8-22-23-21/h1,5-6,12,15,17H,4,7-11,13H2,2H3,(H,26,27). The van der Waals surface area contributed by atoms with Gasteiger partial charge in [0.1, 0.15) is 12.4 Å². The fourth-order valence-electron chi connectivity index (χ4n) is 3.32. The second kappa shape index (κ2) is 11.6. The number of nitrogens with zero attached hydrogens (tertiary/aromatic N) is 4. The number of hydrogen-bond acceptors (Lipinski definition) is 6. The van der Waals surface area contributed by atoms with Gasteiger partial charge in [0.15, 0.2) is 0 Å². The van der Waals surface area contributed by atoms with Crippen LogP contribution in [0.2, 0.25) is 0 Å². The molecule has 1 heterocycles. The summed E-state index contributed by atoms with van der Waals surface area (Å²) in [6, 6.07) is 4.23. The number of rotatable bonds is 9. The highest BCUT2D eigenvalue weighted by atomic mass is 16.5. The van der Waals surface area contributed by atoms with Gasteiger partial charge in [0.2, 0.25) is 0 Å². The van der Waals surface area contributed by atoms with Gasteiger partial charge in [-0.1, -0.05) is 17.1 Å². The molecule has 2 rings (SSSR count). The van der Waals surface area contributed by atoms with E-state index in [1.807, 2.05) is 0 Å². The maximum atomic E-state index is 11.9. The SMILES string of the molecule is C#CCOC1CCN(C(=O)O)C(c2ccc(C(=O)OC)cc2OCCCN=[N+]=[N-])C1. The number of carbonyl (C=O) groups excluding carboxylic acids is 1. The van der Waals surface area contributed by atoms with Gasteiger partial charge in [0.05, 0.1) is 31.4 Å². The monoisotopic (exact) mass is 416 g/mol. The average Bonchev–Trinajstić information content (AvgIpc) is 2.76. The van der Waals surface area contributed by atoms with Crippen LogP contribution in [0.15, 0.2) is 23.3 Å². The molecule has 1 aromatic rings. The number of benzene rings is 1. The number of hydrogen-bond donors (Lipinski definition) is 1. The number of carbonyl (C=O) groups is 2. The minimum Gasteiger partial charge on any atom is -0.493 e. The van der Waals surface area contributed by atoms with Crippen molar-refractivity contribution in [2.24, 2.45) is 5.11 Å². The number of methoxy groups -OCH3 is 1. The van der Waals surface area contributed by atoms with Gasteiger partial charge < -0.3 is 24.2 Å². The number of amides is 1. The molecule has 10 heteroatoms. The highest BCUT2D eigenvalue weighted by molar-refractivity contribution is 5.90. The second-order valence-electron chi connectivity index (χ2n) is 6.55. The quantitative estimate of drug-likeness (QED) is 0.164. The predicted molar refractivity (Wildman–Crippen MR) is 107 cm³/mol. The number of ether oxygens (including phenoxy) is 3. The van der Waals surface area contributed by atoms with Crippen LogP contribution < -0.4 is 4.74 Å². The molecule has 0 spiro atoms. The van der Waals surface area contributed by atoms with Crippen molar-refractivity contribution in [3.8, 4) is 18.1 Å². The predicted octanol–water partition coefficient (Wildman–Crippen LogP) is 3.39. The average molecular weight is 416 g/mol. The molecule has 0 aliphatic carbocycles. The minimum absolute atomic E-state index is 0.147. The molecule has 1 fully saturated rings. The second-order valence-corrected chi connectivity index (χ2v) is 6.55. The zero-order valence-corrected chi connectivity index (χ0v) is 16.7. The number of terminal acetylenes is 1. The molecule has 1 aliphatic heterocycles. The van der Waals surface area contributed by atoms with Gasteiger partial charge in [-0.15, -0.1) is 6.42 Å². The van der Waals surface area contributed by atoms with Crippen LogP contribution >= 0.6 is 0 Å². The van der Waals surface area contributed by atoms with Gasteiger partial charge in [-0.2, -0.15) is 0 Å². The lowest BCUT2D eigenvalue weighted by Gasteiger charge is -2.38. The lowest BCUT2D eigenvalue weighted by Crippen LogP contribution is -2.42. The van der Waals surface area contributed by atoms with Crippen LogP contribution in [0, 0.1) is 12.3 Å². The minimum atomic E-state index is -1.05. The molecule has 0 saturated carbocycles. The summed E-state index contributed by atoms with van der Waals surface area (Å²) in [5, 5.41) is 13.1. The van der Waals surface area contributed by atoms with Crippen LogP contribution in [0.3, 0.4) is 0 Å². The van der Waals surface area contributed by atoms with E-state index in [0.29, 0.717) is 30.6 Å². The van der Waals surface area contributed by atoms with Gasteiger partial charge in [0, 0.05) is 23.6 Å². The van der Waals surface area contributed by atoms with Crippen LogP contribution in [0.5, 0.6) is 5.75 Å². The molecule has 1 aromatic carbocycles. The summed E-state index contributed by atoms with van der Waals surface area (Å²) in [5.41, 5.74) is 9.27. The van der Waals surface area contributed by atoms with Crippen molar-refractivity contribution in [2.45, 2.75) is 31.4 Å². The summed E-state index contributed by atoms with van der Waals surface area (Å²) in [4.78, 5) is 27.8. The fourth-order valence-corrected chi connectivity index (χ4v) is 3.32. The Hall–Kier alpha value is -3.41. The molecule has 1 amide bonds. The van der Waals surface area contributed by atoms with E-state index in [0.717, 1.165) is 0 Å². The lowest BCUT2D eigenvalue weighted by molar-refractivity contribution is 0.00155. The van der Waals surface area contributed by atoms with E-state index in [1.54, 1.807) is 12.1 Å². The summed E-state index contributed by atoms with van der Waals surface area (Å²) in [5.74, 6) is 2.26. The van der Waals surface area contributed by atoms with Crippen molar-refractivity contribution in [2.75, 3.05) is 33.4 Å². The van der Waals surface area contributed by atoms with Crippen molar-refractivity contribution in [3.63, 3.8) is 0 Å². The Bertz CT molecular complexity index is 846. The Morgan fingerprint density at radius 3 is 2.93 bits per heavy atom. The number of likely N-dealkylation sites (tertiary alicyclic amines) is 1. The molecule has 160 valence electrons. The number of piperidine rings is 1. The van der Waals surface area contributed by atoms with Gasteiger partial charge in [-0.05, 0) is 36.9 Å². The summed E-state index contributed by atoms with van der Waals surface area (Å²) in [7, 11) is 1.28. The normalized spacial score (nSPS) is 18.1. The van der Waals surface area contributed by atoms with Crippen LogP contribution in [0.4, 0.5) is 4.79 Å². The molecule has 2 atom stereocenters. The third-order valence-electron chi connectivity index (χ3n) is 4.72. The fraction of sp³-hybridized carbons (Fsp3) is 0.500. The van der Waals surface area contributed by atoms with Crippen LogP contribution in [0.25, 0.3) is 10.4 Å². The Balaban J connectivity index is 2.33. The first kappa shape index (κ1) is 22.9. The summed E-state index contributed by atoms with van der Waals surface area (Å²) >= 11 is 0. The first-order chi connectivity index (χ1) is 14.5. The zero-order valence-electron chi connectivity index (χ0n) is 16.7. The van der Waals surface area contributed by atoms with E-state index in [1.165, 1.54) is 18.1 Å². The first-order valence-electron chi connectivity index (χ1n) is 9.42. The van der Waals surface area contributed by atoms with Crippen LogP contribution in [-0.2, 0) is 9.47 Å².